The number of para-hydroxylation sites is 1. The van der Waals surface area contributed by atoms with Gasteiger partial charge in [0.2, 0.25) is 17.7 Å². The van der Waals surface area contributed by atoms with Gasteiger partial charge in [-0.05, 0) is 31.0 Å². The van der Waals surface area contributed by atoms with Gasteiger partial charge in [0.25, 0.3) is 5.91 Å². The van der Waals surface area contributed by atoms with Crippen molar-refractivity contribution in [2.45, 2.75) is 50.0 Å². The summed E-state index contributed by atoms with van der Waals surface area (Å²) in [5.41, 5.74) is -0.726. The fourth-order valence-corrected chi connectivity index (χ4v) is 5.86. The van der Waals surface area contributed by atoms with Crippen molar-refractivity contribution < 1.29 is 28.3 Å². The van der Waals surface area contributed by atoms with E-state index in [1.165, 1.54) is 18.3 Å². The minimum Gasteiger partial charge on any atom is -0.496 e. The molecule has 1 unspecified atom stereocenters. The maximum absolute atomic E-state index is 14.0. The van der Waals surface area contributed by atoms with Crippen LogP contribution in [0, 0.1) is 0 Å². The van der Waals surface area contributed by atoms with E-state index in [2.05, 4.69) is 0 Å². The van der Waals surface area contributed by atoms with Crippen LogP contribution in [-0.4, -0.2) is 77.7 Å². The second-order valence-electron chi connectivity index (χ2n) is 9.79. The standard InChI is InChI=1S/C27H31N3O6/c1-35-21-10-5-4-9-20(21)27(18-24(32)30(26(27)34)19-7-2-3-8-19)17-23(31)28-12-14-29(15-13-28)25(33)22-11-6-16-36-22/h4-6,9-11,16,19H,2-3,7-8,12-15,17-18H2,1H3. The number of rotatable bonds is 6. The molecule has 1 atom stereocenters. The Morgan fingerprint density at radius 2 is 1.69 bits per heavy atom. The number of benzene rings is 1. The third-order valence-corrected chi connectivity index (χ3v) is 7.77. The van der Waals surface area contributed by atoms with Crippen LogP contribution in [0.25, 0.3) is 0 Å². The van der Waals surface area contributed by atoms with Gasteiger partial charge in [-0.2, -0.15) is 0 Å². The number of carbonyl (C=O) groups excluding carboxylic acids is 4. The average Bonchev–Trinajstić information content (AvgIpc) is 3.66. The van der Waals surface area contributed by atoms with Crippen molar-refractivity contribution in [3.05, 3.63) is 54.0 Å². The minimum atomic E-state index is -1.30. The number of hydrogen-bond acceptors (Lipinski definition) is 6. The summed E-state index contributed by atoms with van der Waals surface area (Å²) in [6.07, 6.45) is 4.88. The van der Waals surface area contributed by atoms with Gasteiger partial charge in [0, 0.05) is 50.6 Å². The zero-order valence-corrected chi connectivity index (χ0v) is 20.5. The highest BCUT2D eigenvalue weighted by molar-refractivity contribution is 6.11. The molecule has 2 aliphatic heterocycles. The van der Waals surface area contributed by atoms with Crippen LogP contribution in [0.15, 0.2) is 47.1 Å². The lowest BCUT2D eigenvalue weighted by Gasteiger charge is -2.37. The van der Waals surface area contributed by atoms with Crippen molar-refractivity contribution in [3.63, 3.8) is 0 Å². The van der Waals surface area contributed by atoms with Crippen LogP contribution in [0.4, 0.5) is 0 Å². The van der Waals surface area contributed by atoms with Gasteiger partial charge >= 0.3 is 0 Å². The Balaban J connectivity index is 1.38. The number of ether oxygens (including phenoxy) is 1. The molecule has 0 bridgehead atoms. The van der Waals surface area contributed by atoms with Gasteiger partial charge in [-0.1, -0.05) is 31.0 Å². The first kappa shape index (κ1) is 24.1. The van der Waals surface area contributed by atoms with Gasteiger partial charge in [-0.15, -0.1) is 0 Å². The third kappa shape index (κ3) is 4.16. The first-order chi connectivity index (χ1) is 17.4. The van der Waals surface area contributed by atoms with E-state index < -0.39 is 5.41 Å². The topological polar surface area (TPSA) is 100 Å². The van der Waals surface area contributed by atoms with Crippen LogP contribution in [0.1, 0.15) is 54.6 Å². The summed E-state index contributed by atoms with van der Waals surface area (Å²) in [5.74, 6) is -0.175. The van der Waals surface area contributed by atoms with Gasteiger partial charge in [0.1, 0.15) is 5.75 Å². The number of methoxy groups -OCH3 is 1. The lowest BCUT2D eigenvalue weighted by atomic mass is 9.75. The van der Waals surface area contributed by atoms with Crippen molar-refractivity contribution >= 4 is 23.6 Å². The van der Waals surface area contributed by atoms with Crippen LogP contribution in [0.5, 0.6) is 5.75 Å². The van der Waals surface area contributed by atoms with Crippen LogP contribution in [0.3, 0.4) is 0 Å². The fourth-order valence-electron chi connectivity index (χ4n) is 5.86. The van der Waals surface area contributed by atoms with E-state index in [1.807, 2.05) is 6.07 Å². The number of carbonyl (C=O) groups is 4. The normalized spacial score (nSPS) is 23.0. The summed E-state index contributed by atoms with van der Waals surface area (Å²) in [4.78, 5) is 58.2. The van der Waals surface area contributed by atoms with E-state index in [1.54, 1.807) is 40.1 Å². The molecular weight excluding hydrogens is 462 g/mol. The molecule has 9 heteroatoms. The van der Waals surface area contributed by atoms with E-state index in [0.717, 1.165) is 25.7 Å². The molecule has 5 rings (SSSR count). The van der Waals surface area contributed by atoms with Gasteiger partial charge in [0.05, 0.1) is 18.8 Å². The maximum atomic E-state index is 14.0. The zero-order valence-electron chi connectivity index (χ0n) is 20.5. The van der Waals surface area contributed by atoms with Crippen molar-refractivity contribution in [1.82, 2.24) is 14.7 Å². The molecule has 1 aromatic heterocycles. The fraction of sp³-hybridized carbons (Fsp3) is 0.481. The smallest absolute Gasteiger partial charge is 0.289 e. The number of nitrogens with zero attached hydrogens (tertiary/aromatic N) is 3. The first-order valence-electron chi connectivity index (χ1n) is 12.5. The number of piperazine rings is 1. The Morgan fingerprint density at radius 1 is 1.00 bits per heavy atom. The van der Waals surface area contributed by atoms with E-state index in [4.69, 9.17) is 9.15 Å². The second-order valence-corrected chi connectivity index (χ2v) is 9.79. The number of furan rings is 1. The highest BCUT2D eigenvalue weighted by atomic mass is 16.5. The number of hydrogen-bond donors (Lipinski definition) is 0. The number of amides is 4. The predicted octanol–water partition coefficient (Wildman–Crippen LogP) is 2.60. The van der Waals surface area contributed by atoms with Crippen molar-refractivity contribution in [3.8, 4) is 5.75 Å². The Hall–Kier alpha value is -3.62. The molecule has 0 spiro atoms. The SMILES string of the molecule is COc1ccccc1C1(CC(=O)N2CCN(C(=O)c3ccco3)CC2)CC(=O)N(C2CCCC2)C1=O. The number of likely N-dealkylation sites (tertiary alicyclic amines) is 1. The second kappa shape index (κ2) is 9.79. The lowest BCUT2D eigenvalue weighted by Crippen LogP contribution is -2.52. The minimum absolute atomic E-state index is 0.0502. The third-order valence-electron chi connectivity index (χ3n) is 7.77. The summed E-state index contributed by atoms with van der Waals surface area (Å²) >= 11 is 0. The molecule has 0 N–H and O–H groups in total. The Bertz CT molecular complexity index is 1150. The molecule has 1 saturated carbocycles. The van der Waals surface area contributed by atoms with Crippen LogP contribution < -0.4 is 4.74 Å². The lowest BCUT2D eigenvalue weighted by molar-refractivity contribution is -0.145. The number of imide groups is 1. The summed E-state index contributed by atoms with van der Waals surface area (Å²) in [6, 6.07) is 10.3. The average molecular weight is 494 g/mol. The summed E-state index contributed by atoms with van der Waals surface area (Å²) < 4.78 is 10.8. The largest absolute Gasteiger partial charge is 0.496 e. The van der Waals surface area contributed by atoms with Crippen molar-refractivity contribution in [1.29, 1.82) is 0 Å². The van der Waals surface area contributed by atoms with Gasteiger partial charge in [0.15, 0.2) is 5.76 Å². The molecule has 3 fully saturated rings. The summed E-state index contributed by atoms with van der Waals surface area (Å²) in [6.45, 7) is 1.44. The molecular formula is C27H31N3O6. The molecule has 190 valence electrons. The molecule has 2 aromatic rings. The molecule has 1 aliphatic carbocycles. The summed E-state index contributed by atoms with van der Waals surface area (Å²) in [5, 5.41) is 0. The molecule has 4 amide bonds. The van der Waals surface area contributed by atoms with E-state index in [0.29, 0.717) is 37.5 Å². The van der Waals surface area contributed by atoms with Crippen LogP contribution in [0.2, 0.25) is 0 Å². The van der Waals surface area contributed by atoms with Crippen LogP contribution >= 0.6 is 0 Å². The van der Waals surface area contributed by atoms with E-state index in [-0.39, 0.29) is 48.3 Å². The van der Waals surface area contributed by atoms with Gasteiger partial charge in [-0.25, -0.2) is 0 Å². The Kier molecular flexibility index (Phi) is 6.55. The Morgan fingerprint density at radius 3 is 2.36 bits per heavy atom. The molecule has 3 aliphatic rings. The maximum Gasteiger partial charge on any atom is 0.289 e. The molecule has 2 saturated heterocycles. The van der Waals surface area contributed by atoms with E-state index in [9.17, 15) is 19.2 Å². The van der Waals surface area contributed by atoms with Gasteiger partial charge in [-0.3, -0.25) is 24.1 Å². The quantitative estimate of drug-likeness (QED) is 0.574. The van der Waals surface area contributed by atoms with Gasteiger partial charge < -0.3 is 19.0 Å². The molecule has 9 nitrogen and oxygen atoms in total. The zero-order chi connectivity index (χ0) is 25.3. The highest BCUT2D eigenvalue weighted by Gasteiger charge is 2.57. The van der Waals surface area contributed by atoms with Crippen LogP contribution in [-0.2, 0) is 19.8 Å². The van der Waals surface area contributed by atoms with Crippen molar-refractivity contribution in [2.75, 3.05) is 33.3 Å². The molecule has 1 aromatic carbocycles. The summed E-state index contributed by atoms with van der Waals surface area (Å²) in [7, 11) is 1.53. The van der Waals surface area contributed by atoms with Crippen molar-refractivity contribution in [2.24, 2.45) is 0 Å². The molecule has 0 radical (unpaired) electrons. The Labute approximate surface area is 210 Å². The highest BCUT2D eigenvalue weighted by Crippen LogP contribution is 2.46. The van der Waals surface area contributed by atoms with E-state index >= 15 is 0 Å². The molecule has 36 heavy (non-hydrogen) atoms. The predicted molar refractivity (Wildman–Crippen MR) is 129 cm³/mol. The first-order valence-corrected chi connectivity index (χ1v) is 12.5. The molecule has 3 heterocycles. The monoisotopic (exact) mass is 493 g/mol.